The molecule has 0 bridgehead atoms. The van der Waals surface area contributed by atoms with Crippen LogP contribution in [0.4, 0.5) is 5.69 Å². The SMILES string of the molecule is O=c1c(Cl)c(N2CCC(CN3CCCC3)CC2)cnn1-c1ccccc1. The van der Waals surface area contributed by atoms with Crippen molar-refractivity contribution in [3.05, 3.63) is 51.9 Å². The average Bonchev–Trinajstić information content (AvgIpc) is 3.18. The molecule has 2 aliphatic heterocycles. The van der Waals surface area contributed by atoms with Crippen LogP contribution in [-0.4, -0.2) is 47.4 Å². The molecule has 0 saturated carbocycles. The van der Waals surface area contributed by atoms with E-state index in [1.165, 1.54) is 37.2 Å². The van der Waals surface area contributed by atoms with Crippen molar-refractivity contribution in [3.63, 3.8) is 0 Å². The van der Waals surface area contributed by atoms with Crippen LogP contribution < -0.4 is 10.5 Å². The number of aromatic nitrogens is 2. The number of nitrogens with zero attached hydrogens (tertiary/aromatic N) is 4. The zero-order chi connectivity index (χ0) is 17.9. The molecule has 0 spiro atoms. The number of benzene rings is 1. The summed E-state index contributed by atoms with van der Waals surface area (Å²) in [5, 5.41) is 4.62. The Morgan fingerprint density at radius 2 is 1.73 bits per heavy atom. The quantitative estimate of drug-likeness (QED) is 0.826. The molecule has 1 aromatic carbocycles. The molecule has 3 heterocycles. The highest BCUT2D eigenvalue weighted by atomic mass is 35.5. The minimum Gasteiger partial charge on any atom is -0.369 e. The summed E-state index contributed by atoms with van der Waals surface area (Å²) < 4.78 is 1.37. The van der Waals surface area contributed by atoms with Gasteiger partial charge in [-0.3, -0.25) is 4.79 Å². The van der Waals surface area contributed by atoms with Crippen LogP contribution in [0.2, 0.25) is 5.02 Å². The first-order chi connectivity index (χ1) is 12.7. The van der Waals surface area contributed by atoms with Crippen molar-refractivity contribution in [1.82, 2.24) is 14.7 Å². The Kier molecular flexibility index (Phi) is 5.27. The van der Waals surface area contributed by atoms with E-state index in [4.69, 9.17) is 11.6 Å². The van der Waals surface area contributed by atoms with E-state index < -0.39 is 0 Å². The molecule has 2 fully saturated rings. The second-order valence-corrected chi connectivity index (χ2v) is 7.71. The largest absolute Gasteiger partial charge is 0.369 e. The summed E-state index contributed by atoms with van der Waals surface area (Å²) in [6.07, 6.45) is 6.72. The number of halogens is 1. The summed E-state index contributed by atoms with van der Waals surface area (Å²) >= 11 is 6.43. The molecule has 2 aliphatic rings. The van der Waals surface area contributed by atoms with Crippen molar-refractivity contribution < 1.29 is 0 Å². The number of piperidine rings is 1. The molecule has 2 saturated heterocycles. The molecule has 4 rings (SSSR count). The van der Waals surface area contributed by atoms with Crippen LogP contribution in [0, 0.1) is 5.92 Å². The van der Waals surface area contributed by atoms with Crippen molar-refractivity contribution in [2.24, 2.45) is 5.92 Å². The third-order valence-corrected chi connectivity index (χ3v) is 5.93. The molecule has 0 radical (unpaired) electrons. The van der Waals surface area contributed by atoms with Gasteiger partial charge in [0.2, 0.25) is 0 Å². The van der Waals surface area contributed by atoms with E-state index in [9.17, 15) is 4.79 Å². The summed E-state index contributed by atoms with van der Waals surface area (Å²) in [5.74, 6) is 0.751. The van der Waals surface area contributed by atoms with Gasteiger partial charge in [-0.25, -0.2) is 0 Å². The zero-order valence-corrected chi connectivity index (χ0v) is 15.7. The number of hydrogen-bond donors (Lipinski definition) is 0. The highest BCUT2D eigenvalue weighted by molar-refractivity contribution is 6.33. The van der Waals surface area contributed by atoms with E-state index in [1.54, 1.807) is 6.20 Å². The Morgan fingerprint density at radius 1 is 1.04 bits per heavy atom. The van der Waals surface area contributed by atoms with Gasteiger partial charge in [0.15, 0.2) is 0 Å². The first-order valence-corrected chi connectivity index (χ1v) is 9.91. The van der Waals surface area contributed by atoms with Gasteiger partial charge >= 0.3 is 0 Å². The second kappa shape index (κ2) is 7.80. The second-order valence-electron chi connectivity index (χ2n) is 7.33. The fourth-order valence-electron chi connectivity index (χ4n) is 4.08. The lowest BCUT2D eigenvalue weighted by Gasteiger charge is -2.35. The van der Waals surface area contributed by atoms with Gasteiger partial charge in [-0.2, -0.15) is 9.78 Å². The van der Waals surface area contributed by atoms with Crippen molar-refractivity contribution in [3.8, 4) is 5.69 Å². The van der Waals surface area contributed by atoms with Crippen LogP contribution in [0.5, 0.6) is 0 Å². The smallest absolute Gasteiger partial charge is 0.292 e. The van der Waals surface area contributed by atoms with E-state index in [2.05, 4.69) is 14.9 Å². The maximum atomic E-state index is 12.7. The van der Waals surface area contributed by atoms with Crippen molar-refractivity contribution >= 4 is 17.3 Å². The monoisotopic (exact) mass is 372 g/mol. The minimum atomic E-state index is -0.255. The molecule has 6 heteroatoms. The van der Waals surface area contributed by atoms with Crippen molar-refractivity contribution in [1.29, 1.82) is 0 Å². The molecule has 0 atom stereocenters. The molecule has 0 amide bonds. The van der Waals surface area contributed by atoms with Gasteiger partial charge in [0.05, 0.1) is 17.6 Å². The van der Waals surface area contributed by atoms with Gasteiger partial charge in [-0.1, -0.05) is 29.8 Å². The summed E-state index contributed by atoms with van der Waals surface area (Å²) in [6.45, 7) is 5.61. The lowest BCUT2D eigenvalue weighted by atomic mass is 9.96. The highest BCUT2D eigenvalue weighted by Crippen LogP contribution is 2.28. The van der Waals surface area contributed by atoms with Crippen LogP contribution in [0.15, 0.2) is 41.3 Å². The molecule has 138 valence electrons. The third kappa shape index (κ3) is 3.64. The number of hydrogen-bond acceptors (Lipinski definition) is 4. The number of anilines is 1. The highest BCUT2D eigenvalue weighted by Gasteiger charge is 2.25. The average molecular weight is 373 g/mol. The Bertz CT molecular complexity index is 793. The van der Waals surface area contributed by atoms with Gasteiger partial charge in [0.1, 0.15) is 5.02 Å². The maximum absolute atomic E-state index is 12.7. The molecule has 5 nitrogen and oxygen atoms in total. The standard InChI is InChI=1S/C20H25ClN4O/c21-19-18(14-22-25(20(19)26)17-6-2-1-3-7-17)24-12-8-16(9-13-24)15-23-10-4-5-11-23/h1-3,6-7,14,16H,4-5,8-13,15H2. The van der Waals surface area contributed by atoms with Crippen molar-refractivity contribution in [2.75, 3.05) is 37.6 Å². The fourth-order valence-corrected chi connectivity index (χ4v) is 4.33. The van der Waals surface area contributed by atoms with E-state index in [0.29, 0.717) is 0 Å². The molecule has 1 aromatic heterocycles. The summed E-state index contributed by atoms with van der Waals surface area (Å²) in [5.41, 5.74) is 1.24. The molecule has 0 aliphatic carbocycles. The molecule has 0 unspecified atom stereocenters. The summed E-state index contributed by atoms with van der Waals surface area (Å²) in [6, 6.07) is 9.39. The van der Waals surface area contributed by atoms with E-state index in [1.807, 2.05) is 30.3 Å². The van der Waals surface area contributed by atoms with E-state index in [-0.39, 0.29) is 10.6 Å². The topological polar surface area (TPSA) is 41.4 Å². The first kappa shape index (κ1) is 17.6. The number of para-hydroxylation sites is 1. The number of rotatable bonds is 4. The lowest BCUT2D eigenvalue weighted by Crippen LogP contribution is -2.39. The van der Waals surface area contributed by atoms with Gasteiger partial charge in [0.25, 0.3) is 5.56 Å². The van der Waals surface area contributed by atoms with Crippen LogP contribution in [0.25, 0.3) is 5.69 Å². The van der Waals surface area contributed by atoms with Crippen molar-refractivity contribution in [2.45, 2.75) is 25.7 Å². The third-order valence-electron chi connectivity index (χ3n) is 5.57. The van der Waals surface area contributed by atoms with Gasteiger partial charge in [0, 0.05) is 19.6 Å². The van der Waals surface area contributed by atoms with Gasteiger partial charge in [-0.05, 0) is 56.8 Å². The van der Waals surface area contributed by atoms with Gasteiger partial charge in [-0.15, -0.1) is 0 Å². The van der Waals surface area contributed by atoms with Crippen LogP contribution in [0.3, 0.4) is 0 Å². The number of likely N-dealkylation sites (tertiary alicyclic amines) is 1. The van der Waals surface area contributed by atoms with E-state index in [0.717, 1.165) is 43.2 Å². The predicted octanol–water partition coefficient (Wildman–Crippen LogP) is 3.20. The molecular weight excluding hydrogens is 348 g/mol. The van der Waals surface area contributed by atoms with Gasteiger partial charge < -0.3 is 9.80 Å². The lowest BCUT2D eigenvalue weighted by molar-refractivity contribution is 0.249. The molecule has 2 aromatic rings. The van der Waals surface area contributed by atoms with E-state index >= 15 is 0 Å². The van der Waals surface area contributed by atoms with Crippen LogP contribution in [0.1, 0.15) is 25.7 Å². The maximum Gasteiger partial charge on any atom is 0.292 e. The van der Waals surface area contributed by atoms with Crippen LogP contribution >= 0.6 is 11.6 Å². The summed E-state index contributed by atoms with van der Waals surface area (Å²) in [7, 11) is 0. The Hall–Kier alpha value is -1.85. The Morgan fingerprint density at radius 3 is 2.42 bits per heavy atom. The zero-order valence-electron chi connectivity index (χ0n) is 15.0. The summed E-state index contributed by atoms with van der Waals surface area (Å²) in [4.78, 5) is 17.5. The first-order valence-electron chi connectivity index (χ1n) is 9.53. The fraction of sp³-hybridized carbons (Fsp3) is 0.500. The normalized spacial score (nSPS) is 19.2. The predicted molar refractivity (Wildman–Crippen MR) is 105 cm³/mol. The molecule has 0 N–H and O–H groups in total. The van der Waals surface area contributed by atoms with Crippen LogP contribution in [-0.2, 0) is 0 Å². The minimum absolute atomic E-state index is 0.255. The molecule has 26 heavy (non-hydrogen) atoms. The molecular formula is C20H25ClN4O. The Balaban J connectivity index is 1.45. The Labute approximate surface area is 159 Å².